The van der Waals surface area contributed by atoms with Gasteiger partial charge in [0.2, 0.25) is 0 Å². The van der Waals surface area contributed by atoms with Crippen molar-refractivity contribution in [3.05, 3.63) is 29.6 Å². The van der Waals surface area contributed by atoms with Crippen molar-refractivity contribution in [2.45, 2.75) is 18.9 Å². The highest BCUT2D eigenvalue weighted by molar-refractivity contribution is 5.37. The van der Waals surface area contributed by atoms with Crippen molar-refractivity contribution in [1.82, 2.24) is 4.98 Å². The maximum absolute atomic E-state index is 8.84. The molecule has 1 fully saturated rings. The Bertz CT molecular complexity index is 349. The summed E-state index contributed by atoms with van der Waals surface area (Å²) in [4.78, 5) is 3.99. The third-order valence-corrected chi connectivity index (χ3v) is 2.46. The van der Waals surface area contributed by atoms with Crippen LogP contribution in [0.15, 0.2) is 18.5 Å². The molecule has 0 aliphatic heterocycles. The summed E-state index contributed by atoms with van der Waals surface area (Å²) in [5, 5.41) is 8.84. The van der Waals surface area contributed by atoms with Crippen LogP contribution in [0.1, 0.15) is 30.0 Å². The maximum atomic E-state index is 8.84. The summed E-state index contributed by atoms with van der Waals surface area (Å²) in [5.41, 5.74) is 7.54. The molecule has 1 aromatic heterocycles. The molecule has 1 saturated carbocycles. The fourth-order valence-corrected chi connectivity index (χ4v) is 1.48. The van der Waals surface area contributed by atoms with Crippen LogP contribution in [0.25, 0.3) is 0 Å². The minimum Gasteiger partial charge on any atom is -0.324 e. The lowest BCUT2D eigenvalue weighted by Gasteiger charge is -2.10. The van der Waals surface area contributed by atoms with E-state index in [9.17, 15) is 0 Å². The Balaban J connectivity index is 2.32. The molecule has 0 bridgehead atoms. The zero-order chi connectivity index (χ0) is 9.26. The average molecular weight is 173 g/mol. The lowest BCUT2D eigenvalue weighted by atomic mass is 10.0. The van der Waals surface area contributed by atoms with Gasteiger partial charge in [0.1, 0.15) is 0 Å². The van der Waals surface area contributed by atoms with Crippen molar-refractivity contribution >= 4 is 0 Å². The van der Waals surface area contributed by atoms with Gasteiger partial charge in [-0.15, -0.1) is 0 Å². The van der Waals surface area contributed by atoms with Gasteiger partial charge in [0, 0.05) is 24.0 Å². The average Bonchev–Trinajstić information content (AvgIpc) is 3.00. The topological polar surface area (TPSA) is 62.7 Å². The van der Waals surface area contributed by atoms with Gasteiger partial charge in [0.25, 0.3) is 0 Å². The number of pyridine rings is 1. The van der Waals surface area contributed by atoms with Crippen LogP contribution in [0, 0.1) is 17.2 Å². The first-order valence-corrected chi connectivity index (χ1v) is 4.42. The smallest absolute Gasteiger partial charge is 0.0996 e. The van der Waals surface area contributed by atoms with Crippen LogP contribution in [-0.2, 0) is 0 Å². The summed E-state index contributed by atoms with van der Waals surface area (Å²) >= 11 is 0. The number of nitriles is 1. The second-order valence-corrected chi connectivity index (χ2v) is 3.44. The summed E-state index contributed by atoms with van der Waals surface area (Å²) in [7, 11) is 0. The Morgan fingerprint density at radius 3 is 3.00 bits per heavy atom. The largest absolute Gasteiger partial charge is 0.324 e. The van der Waals surface area contributed by atoms with E-state index in [1.54, 1.807) is 18.5 Å². The zero-order valence-electron chi connectivity index (χ0n) is 7.27. The van der Waals surface area contributed by atoms with Crippen LogP contribution >= 0.6 is 0 Å². The van der Waals surface area contributed by atoms with Gasteiger partial charge in [-0.3, -0.25) is 4.98 Å². The van der Waals surface area contributed by atoms with Gasteiger partial charge < -0.3 is 5.73 Å². The highest BCUT2D eigenvalue weighted by atomic mass is 14.7. The highest BCUT2D eigenvalue weighted by Gasteiger charge is 2.30. The summed E-state index contributed by atoms with van der Waals surface area (Å²) in [6.07, 6.45) is 5.70. The molecule has 1 unspecified atom stereocenters. The second-order valence-electron chi connectivity index (χ2n) is 3.44. The molecular weight excluding hydrogens is 162 g/mol. The van der Waals surface area contributed by atoms with Gasteiger partial charge in [-0.25, -0.2) is 0 Å². The molecule has 0 amide bonds. The molecule has 66 valence electrons. The Labute approximate surface area is 77.2 Å². The summed E-state index contributed by atoms with van der Waals surface area (Å²) in [5.74, 6) is 0.566. The van der Waals surface area contributed by atoms with Gasteiger partial charge in [-0.1, -0.05) is 0 Å². The SMILES string of the molecule is N#Cc1ccncc1C(N)C1CC1. The molecule has 1 aliphatic rings. The number of hydrogen-bond acceptors (Lipinski definition) is 3. The molecule has 13 heavy (non-hydrogen) atoms. The van der Waals surface area contributed by atoms with E-state index in [-0.39, 0.29) is 6.04 Å². The molecule has 1 heterocycles. The fraction of sp³-hybridized carbons (Fsp3) is 0.400. The molecule has 0 radical (unpaired) electrons. The molecule has 0 saturated heterocycles. The molecule has 0 spiro atoms. The van der Waals surface area contributed by atoms with E-state index in [0.29, 0.717) is 11.5 Å². The van der Waals surface area contributed by atoms with Crippen molar-refractivity contribution in [2.75, 3.05) is 0 Å². The Morgan fingerprint density at radius 2 is 2.38 bits per heavy atom. The van der Waals surface area contributed by atoms with E-state index in [2.05, 4.69) is 11.1 Å². The first-order chi connectivity index (χ1) is 6.33. The standard InChI is InChI=1S/C10H11N3/c11-5-8-3-4-13-6-9(8)10(12)7-1-2-7/h3-4,6-7,10H,1-2,12H2. The van der Waals surface area contributed by atoms with Gasteiger partial charge in [0.05, 0.1) is 11.6 Å². The zero-order valence-corrected chi connectivity index (χ0v) is 7.27. The minimum absolute atomic E-state index is 0.00310. The molecular formula is C10H11N3. The van der Waals surface area contributed by atoms with Crippen LogP contribution < -0.4 is 5.73 Å². The molecule has 3 heteroatoms. The number of nitrogens with two attached hydrogens (primary N) is 1. The van der Waals surface area contributed by atoms with Crippen molar-refractivity contribution in [2.24, 2.45) is 11.7 Å². The van der Waals surface area contributed by atoms with Crippen LogP contribution in [0.2, 0.25) is 0 Å². The maximum Gasteiger partial charge on any atom is 0.0996 e. The van der Waals surface area contributed by atoms with Crippen molar-refractivity contribution < 1.29 is 0 Å². The third kappa shape index (κ3) is 1.53. The molecule has 2 N–H and O–H groups in total. The highest BCUT2D eigenvalue weighted by Crippen LogP contribution is 2.39. The van der Waals surface area contributed by atoms with Crippen LogP contribution in [0.3, 0.4) is 0 Å². The quantitative estimate of drug-likeness (QED) is 0.734. The lowest BCUT2D eigenvalue weighted by molar-refractivity contribution is 0.629. The molecule has 2 rings (SSSR count). The van der Waals surface area contributed by atoms with Crippen molar-refractivity contribution in [1.29, 1.82) is 5.26 Å². The molecule has 1 atom stereocenters. The number of rotatable bonds is 2. The second kappa shape index (κ2) is 3.15. The summed E-state index contributed by atoms with van der Waals surface area (Å²) in [6, 6.07) is 3.86. The van der Waals surface area contributed by atoms with E-state index in [4.69, 9.17) is 11.0 Å². The van der Waals surface area contributed by atoms with Gasteiger partial charge >= 0.3 is 0 Å². The monoisotopic (exact) mass is 173 g/mol. The van der Waals surface area contributed by atoms with Crippen molar-refractivity contribution in [3.8, 4) is 6.07 Å². The number of aromatic nitrogens is 1. The normalized spacial score (nSPS) is 17.8. The number of nitrogens with zero attached hydrogens (tertiary/aromatic N) is 2. The van der Waals surface area contributed by atoms with E-state index >= 15 is 0 Å². The predicted octanol–water partition coefficient (Wildman–Crippen LogP) is 1.36. The van der Waals surface area contributed by atoms with E-state index in [1.807, 2.05) is 0 Å². The Kier molecular flexibility index (Phi) is 1.99. The lowest BCUT2D eigenvalue weighted by Crippen LogP contribution is -2.14. The number of hydrogen-bond donors (Lipinski definition) is 1. The molecule has 0 aromatic carbocycles. The first kappa shape index (κ1) is 8.21. The van der Waals surface area contributed by atoms with E-state index < -0.39 is 0 Å². The van der Waals surface area contributed by atoms with E-state index in [0.717, 1.165) is 5.56 Å². The first-order valence-electron chi connectivity index (χ1n) is 4.42. The van der Waals surface area contributed by atoms with E-state index in [1.165, 1.54) is 12.8 Å². The van der Waals surface area contributed by atoms with Crippen LogP contribution in [-0.4, -0.2) is 4.98 Å². The fourth-order valence-electron chi connectivity index (χ4n) is 1.48. The molecule has 1 aromatic rings. The van der Waals surface area contributed by atoms with Gasteiger partial charge in [-0.2, -0.15) is 5.26 Å². The van der Waals surface area contributed by atoms with Gasteiger partial charge in [0.15, 0.2) is 0 Å². The summed E-state index contributed by atoms with van der Waals surface area (Å²) < 4.78 is 0. The Hall–Kier alpha value is -1.40. The van der Waals surface area contributed by atoms with Crippen LogP contribution in [0.4, 0.5) is 0 Å². The van der Waals surface area contributed by atoms with Gasteiger partial charge in [-0.05, 0) is 24.8 Å². The van der Waals surface area contributed by atoms with Crippen molar-refractivity contribution in [3.63, 3.8) is 0 Å². The predicted molar refractivity (Wildman–Crippen MR) is 48.6 cm³/mol. The minimum atomic E-state index is 0.00310. The van der Waals surface area contributed by atoms with Crippen LogP contribution in [0.5, 0.6) is 0 Å². The molecule has 1 aliphatic carbocycles. The molecule has 3 nitrogen and oxygen atoms in total. The Morgan fingerprint density at radius 1 is 1.62 bits per heavy atom. The summed E-state index contributed by atoms with van der Waals surface area (Å²) in [6.45, 7) is 0. The third-order valence-electron chi connectivity index (χ3n) is 2.46.